The lowest BCUT2D eigenvalue weighted by Crippen LogP contribution is -2.44. The molecule has 0 aliphatic heterocycles. The number of carbonyl (C=O) groups is 1. The summed E-state index contributed by atoms with van der Waals surface area (Å²) < 4.78 is 5.55. The lowest BCUT2D eigenvalue weighted by Gasteiger charge is -2.18. The van der Waals surface area contributed by atoms with Crippen LogP contribution in [0.5, 0.6) is 0 Å². The van der Waals surface area contributed by atoms with E-state index in [9.17, 15) is 4.79 Å². The van der Waals surface area contributed by atoms with Crippen molar-refractivity contribution < 1.29 is 9.53 Å². The fraction of sp³-hybridized carbons (Fsp3) is 0.632. The highest BCUT2D eigenvalue weighted by molar-refractivity contribution is 14.0. The van der Waals surface area contributed by atoms with Gasteiger partial charge >= 0.3 is 0 Å². The zero-order chi connectivity index (χ0) is 19.2. The third kappa shape index (κ3) is 12.6. The second-order valence-electron chi connectivity index (χ2n) is 6.53. The second kappa shape index (κ2) is 15.6. The van der Waals surface area contributed by atoms with Crippen molar-refractivity contribution in [2.75, 3.05) is 46.9 Å². The molecular formula is C19H34IN5O2. The number of nitrogens with one attached hydrogen (secondary N) is 2. The zero-order valence-corrected chi connectivity index (χ0v) is 19.2. The molecule has 0 aromatic carbocycles. The topological polar surface area (TPSA) is 78.9 Å². The van der Waals surface area contributed by atoms with E-state index in [1.807, 2.05) is 18.2 Å². The number of aliphatic imine (C=N–C) groups is 1. The van der Waals surface area contributed by atoms with Crippen LogP contribution in [0.1, 0.15) is 26.0 Å². The number of amides is 1. The fourth-order valence-electron chi connectivity index (χ4n) is 2.13. The van der Waals surface area contributed by atoms with Crippen LogP contribution in [0.2, 0.25) is 0 Å². The van der Waals surface area contributed by atoms with Crippen molar-refractivity contribution in [1.29, 1.82) is 0 Å². The van der Waals surface area contributed by atoms with Crippen molar-refractivity contribution >= 4 is 35.8 Å². The van der Waals surface area contributed by atoms with Crippen LogP contribution in [0.4, 0.5) is 0 Å². The van der Waals surface area contributed by atoms with E-state index in [2.05, 4.69) is 34.5 Å². The first-order valence-corrected chi connectivity index (χ1v) is 9.19. The molecule has 0 aliphatic carbocycles. The normalized spacial score (nSPS) is 11.1. The lowest BCUT2D eigenvalue weighted by molar-refractivity contribution is -0.128. The minimum absolute atomic E-state index is 0. The smallest absolute Gasteiger partial charge is 0.241 e. The Kier molecular flexibility index (Phi) is 14.8. The van der Waals surface area contributed by atoms with Crippen molar-refractivity contribution in [1.82, 2.24) is 20.5 Å². The lowest BCUT2D eigenvalue weighted by atomic mass is 10.1. The first-order chi connectivity index (χ1) is 12.5. The minimum atomic E-state index is 0. The third-order valence-electron chi connectivity index (χ3n) is 3.86. The molecule has 1 rings (SSSR count). The molecule has 0 atom stereocenters. The molecule has 0 saturated heterocycles. The SMILES string of the molecule is CN=C(NCCOCCC(C)C)NCC(=O)N(C)CCc1ccccn1.I. The summed E-state index contributed by atoms with van der Waals surface area (Å²) in [5, 5.41) is 6.18. The Bertz CT molecular complexity index is 540. The third-order valence-corrected chi connectivity index (χ3v) is 3.86. The van der Waals surface area contributed by atoms with Crippen molar-refractivity contribution in [3.63, 3.8) is 0 Å². The average Bonchev–Trinajstić information content (AvgIpc) is 2.65. The Balaban J connectivity index is 0.00000676. The molecular weight excluding hydrogens is 457 g/mol. The molecule has 1 amide bonds. The standard InChI is InChI=1S/C19H33N5O2.HI/c1-16(2)9-13-26-14-11-22-19(20-3)23-15-18(25)24(4)12-8-17-7-5-6-10-21-17;/h5-7,10,16H,8-9,11-15H2,1-4H3,(H2,20,22,23);1H. The van der Waals surface area contributed by atoms with Crippen molar-refractivity contribution in [3.05, 3.63) is 30.1 Å². The van der Waals surface area contributed by atoms with Gasteiger partial charge in [-0.15, -0.1) is 24.0 Å². The van der Waals surface area contributed by atoms with Gasteiger partial charge in [-0.05, 0) is 24.5 Å². The molecule has 1 heterocycles. The average molecular weight is 491 g/mol. The van der Waals surface area contributed by atoms with Gasteiger partial charge in [0.25, 0.3) is 0 Å². The number of rotatable bonds is 11. The first-order valence-electron chi connectivity index (χ1n) is 9.19. The summed E-state index contributed by atoms with van der Waals surface area (Å²) in [7, 11) is 3.48. The number of ether oxygens (including phenoxy) is 1. The van der Waals surface area contributed by atoms with Gasteiger partial charge in [0.15, 0.2) is 5.96 Å². The molecule has 0 unspecified atom stereocenters. The number of halogens is 1. The number of likely N-dealkylation sites (N-methyl/N-ethyl adjacent to an activating group) is 1. The monoisotopic (exact) mass is 491 g/mol. The Labute approximate surface area is 180 Å². The maximum atomic E-state index is 12.2. The van der Waals surface area contributed by atoms with E-state index < -0.39 is 0 Å². The van der Waals surface area contributed by atoms with E-state index in [1.165, 1.54) is 0 Å². The zero-order valence-electron chi connectivity index (χ0n) is 16.9. The molecule has 27 heavy (non-hydrogen) atoms. The Morgan fingerprint density at radius 1 is 1.30 bits per heavy atom. The van der Waals surface area contributed by atoms with E-state index in [4.69, 9.17) is 4.74 Å². The van der Waals surface area contributed by atoms with E-state index in [0.29, 0.717) is 31.6 Å². The number of hydrogen-bond acceptors (Lipinski definition) is 4. The molecule has 1 aromatic heterocycles. The van der Waals surface area contributed by atoms with Gasteiger partial charge in [-0.25, -0.2) is 0 Å². The molecule has 154 valence electrons. The van der Waals surface area contributed by atoms with Gasteiger partial charge in [0.05, 0.1) is 13.2 Å². The molecule has 0 spiro atoms. The number of hydrogen-bond donors (Lipinski definition) is 2. The number of nitrogens with zero attached hydrogens (tertiary/aromatic N) is 3. The quantitative estimate of drug-likeness (QED) is 0.214. The van der Waals surface area contributed by atoms with Gasteiger partial charge in [0.2, 0.25) is 5.91 Å². The van der Waals surface area contributed by atoms with E-state index >= 15 is 0 Å². The Morgan fingerprint density at radius 3 is 2.70 bits per heavy atom. The first kappa shape index (κ1) is 25.6. The molecule has 1 aromatic rings. The molecule has 0 fully saturated rings. The van der Waals surface area contributed by atoms with E-state index in [0.717, 1.165) is 25.1 Å². The van der Waals surface area contributed by atoms with Gasteiger partial charge in [-0.2, -0.15) is 0 Å². The van der Waals surface area contributed by atoms with E-state index in [-0.39, 0.29) is 36.4 Å². The maximum absolute atomic E-state index is 12.2. The van der Waals surface area contributed by atoms with Gasteiger partial charge in [0.1, 0.15) is 0 Å². The molecule has 0 radical (unpaired) electrons. The van der Waals surface area contributed by atoms with Crippen LogP contribution >= 0.6 is 24.0 Å². The van der Waals surface area contributed by atoms with Gasteiger partial charge in [-0.3, -0.25) is 14.8 Å². The Hall–Kier alpha value is -1.42. The van der Waals surface area contributed by atoms with Gasteiger partial charge in [0, 0.05) is 52.1 Å². The summed E-state index contributed by atoms with van der Waals surface area (Å²) in [6, 6.07) is 5.80. The summed E-state index contributed by atoms with van der Waals surface area (Å²) in [6.45, 7) is 7.23. The van der Waals surface area contributed by atoms with Gasteiger partial charge < -0.3 is 20.3 Å². The number of pyridine rings is 1. The predicted octanol–water partition coefficient (Wildman–Crippen LogP) is 1.93. The van der Waals surface area contributed by atoms with Crippen LogP contribution in [-0.2, 0) is 16.0 Å². The van der Waals surface area contributed by atoms with Crippen LogP contribution in [0, 0.1) is 5.92 Å². The van der Waals surface area contributed by atoms with Crippen LogP contribution in [0.25, 0.3) is 0 Å². The largest absolute Gasteiger partial charge is 0.380 e. The van der Waals surface area contributed by atoms with Crippen molar-refractivity contribution in [2.24, 2.45) is 10.9 Å². The Morgan fingerprint density at radius 2 is 2.07 bits per heavy atom. The van der Waals surface area contributed by atoms with Crippen LogP contribution in [0.3, 0.4) is 0 Å². The van der Waals surface area contributed by atoms with Crippen molar-refractivity contribution in [2.45, 2.75) is 26.7 Å². The highest BCUT2D eigenvalue weighted by atomic mass is 127. The number of guanidine groups is 1. The molecule has 7 nitrogen and oxygen atoms in total. The van der Waals surface area contributed by atoms with Crippen LogP contribution in [0.15, 0.2) is 29.4 Å². The van der Waals surface area contributed by atoms with Crippen LogP contribution in [-0.4, -0.2) is 68.7 Å². The second-order valence-corrected chi connectivity index (χ2v) is 6.53. The summed E-state index contributed by atoms with van der Waals surface area (Å²) in [4.78, 5) is 22.3. The number of aromatic nitrogens is 1. The molecule has 0 saturated carbocycles. The van der Waals surface area contributed by atoms with Crippen LogP contribution < -0.4 is 10.6 Å². The summed E-state index contributed by atoms with van der Waals surface area (Å²) in [6.07, 6.45) is 3.57. The summed E-state index contributed by atoms with van der Waals surface area (Å²) in [5.74, 6) is 1.26. The predicted molar refractivity (Wildman–Crippen MR) is 121 cm³/mol. The maximum Gasteiger partial charge on any atom is 0.241 e. The highest BCUT2D eigenvalue weighted by Gasteiger charge is 2.09. The molecule has 2 N–H and O–H groups in total. The molecule has 0 aliphatic rings. The highest BCUT2D eigenvalue weighted by Crippen LogP contribution is 1.98. The van der Waals surface area contributed by atoms with Crippen molar-refractivity contribution in [3.8, 4) is 0 Å². The summed E-state index contributed by atoms with van der Waals surface area (Å²) in [5.41, 5.74) is 0.982. The molecule has 0 bridgehead atoms. The van der Waals surface area contributed by atoms with E-state index in [1.54, 1.807) is 25.2 Å². The number of carbonyl (C=O) groups excluding carboxylic acids is 1. The minimum Gasteiger partial charge on any atom is -0.380 e. The van der Waals surface area contributed by atoms with Gasteiger partial charge in [-0.1, -0.05) is 19.9 Å². The summed E-state index contributed by atoms with van der Waals surface area (Å²) >= 11 is 0. The fourth-order valence-corrected chi connectivity index (χ4v) is 2.13. The molecule has 8 heteroatoms.